The van der Waals surface area contributed by atoms with Gasteiger partial charge in [0.1, 0.15) is 5.69 Å². The maximum atomic E-state index is 12.8. The molecular formula is C18H23N3O4. The lowest BCUT2D eigenvalue weighted by Crippen LogP contribution is -2.52. The fraction of sp³-hybridized carbons (Fsp3) is 0.444. The first-order chi connectivity index (χ1) is 12.0. The van der Waals surface area contributed by atoms with Crippen molar-refractivity contribution in [3.63, 3.8) is 0 Å². The molecule has 2 atom stereocenters. The molecule has 25 heavy (non-hydrogen) atoms. The quantitative estimate of drug-likeness (QED) is 0.920. The molecular weight excluding hydrogens is 322 g/mol. The average molecular weight is 345 g/mol. The Morgan fingerprint density at radius 2 is 1.84 bits per heavy atom. The number of aromatic amines is 1. The number of amides is 1. The van der Waals surface area contributed by atoms with E-state index in [-0.39, 0.29) is 18.0 Å². The Balaban J connectivity index is 1.86. The third-order valence-corrected chi connectivity index (χ3v) is 4.39. The van der Waals surface area contributed by atoms with Crippen LogP contribution in [0.4, 0.5) is 0 Å². The van der Waals surface area contributed by atoms with Gasteiger partial charge in [0.2, 0.25) is 0 Å². The lowest BCUT2D eigenvalue weighted by Gasteiger charge is -2.38. The van der Waals surface area contributed by atoms with Crippen molar-refractivity contribution in [1.82, 2.24) is 15.1 Å². The third-order valence-electron chi connectivity index (χ3n) is 4.39. The van der Waals surface area contributed by atoms with Crippen LogP contribution in [0.25, 0.3) is 11.3 Å². The maximum Gasteiger partial charge on any atom is 0.272 e. The highest BCUT2D eigenvalue weighted by atomic mass is 16.5. The molecule has 0 radical (unpaired) electrons. The summed E-state index contributed by atoms with van der Waals surface area (Å²) in [6.07, 6.45) is 0. The molecule has 0 bridgehead atoms. The van der Waals surface area contributed by atoms with Crippen LogP contribution in [-0.2, 0) is 4.74 Å². The van der Waals surface area contributed by atoms with E-state index in [1.165, 1.54) is 0 Å². The van der Waals surface area contributed by atoms with Crippen molar-refractivity contribution >= 4 is 5.91 Å². The molecule has 0 spiro atoms. The van der Waals surface area contributed by atoms with Crippen LogP contribution in [0.5, 0.6) is 11.5 Å². The highest BCUT2D eigenvalue weighted by molar-refractivity contribution is 5.94. The number of nitrogens with one attached hydrogen (secondary N) is 1. The highest BCUT2D eigenvalue weighted by Crippen LogP contribution is 2.32. The molecule has 1 aliphatic rings. The number of carbonyl (C=O) groups is 1. The summed E-state index contributed by atoms with van der Waals surface area (Å²) in [5.41, 5.74) is 1.99. The second-order valence-electron chi connectivity index (χ2n) is 6.18. The van der Waals surface area contributed by atoms with E-state index in [0.29, 0.717) is 36.1 Å². The summed E-state index contributed by atoms with van der Waals surface area (Å²) in [4.78, 5) is 14.7. The number of H-pyrrole nitrogens is 1. The Hall–Kier alpha value is -2.54. The molecule has 7 heteroatoms. The number of aromatic nitrogens is 2. The minimum Gasteiger partial charge on any atom is -0.493 e. The first-order valence-corrected chi connectivity index (χ1v) is 8.23. The van der Waals surface area contributed by atoms with Crippen molar-refractivity contribution in [2.75, 3.05) is 27.4 Å². The number of ether oxygens (including phenoxy) is 3. The Morgan fingerprint density at radius 3 is 2.48 bits per heavy atom. The summed E-state index contributed by atoms with van der Waals surface area (Å²) in [6, 6.07) is 7.36. The molecule has 7 nitrogen and oxygen atoms in total. The normalized spacial score (nSPS) is 20.4. The van der Waals surface area contributed by atoms with Crippen molar-refractivity contribution in [2.24, 2.45) is 0 Å². The van der Waals surface area contributed by atoms with Crippen molar-refractivity contribution < 1.29 is 19.0 Å². The van der Waals surface area contributed by atoms with E-state index in [1.54, 1.807) is 20.3 Å². The van der Waals surface area contributed by atoms with Crippen LogP contribution in [0.3, 0.4) is 0 Å². The number of nitrogens with zero attached hydrogens (tertiary/aromatic N) is 2. The van der Waals surface area contributed by atoms with Crippen molar-refractivity contribution in [3.8, 4) is 22.8 Å². The summed E-state index contributed by atoms with van der Waals surface area (Å²) in [7, 11) is 3.18. The Labute approximate surface area is 146 Å². The number of morpholine rings is 1. The molecule has 1 saturated heterocycles. The second kappa shape index (κ2) is 7.14. The van der Waals surface area contributed by atoms with Gasteiger partial charge in [-0.25, -0.2) is 0 Å². The van der Waals surface area contributed by atoms with Crippen LogP contribution >= 0.6 is 0 Å². The highest BCUT2D eigenvalue weighted by Gasteiger charge is 2.31. The SMILES string of the molecule is COc1ccc(-c2cc(C(=O)N3C(C)COCC3C)[nH]n2)cc1OC. The lowest BCUT2D eigenvalue weighted by atomic mass is 10.1. The van der Waals surface area contributed by atoms with E-state index in [1.807, 2.05) is 36.9 Å². The summed E-state index contributed by atoms with van der Waals surface area (Å²) in [5.74, 6) is 1.20. The third kappa shape index (κ3) is 3.32. The summed E-state index contributed by atoms with van der Waals surface area (Å²) < 4.78 is 16.1. The summed E-state index contributed by atoms with van der Waals surface area (Å²) >= 11 is 0. The molecule has 2 unspecified atom stereocenters. The van der Waals surface area contributed by atoms with Crippen LogP contribution in [0.15, 0.2) is 24.3 Å². The number of hydrogen-bond acceptors (Lipinski definition) is 5. The average Bonchev–Trinajstić information content (AvgIpc) is 3.11. The molecule has 0 aliphatic carbocycles. The molecule has 2 heterocycles. The van der Waals surface area contributed by atoms with Gasteiger partial charge in [-0.1, -0.05) is 0 Å². The minimum absolute atomic E-state index is 0.0316. The molecule has 1 aromatic heterocycles. The van der Waals surface area contributed by atoms with Gasteiger partial charge >= 0.3 is 0 Å². The molecule has 1 aliphatic heterocycles. The molecule has 1 fully saturated rings. The van der Waals surface area contributed by atoms with Gasteiger partial charge in [-0.15, -0.1) is 0 Å². The zero-order chi connectivity index (χ0) is 18.0. The second-order valence-corrected chi connectivity index (χ2v) is 6.18. The molecule has 3 rings (SSSR count). The van der Waals surface area contributed by atoms with Gasteiger partial charge < -0.3 is 19.1 Å². The van der Waals surface area contributed by atoms with Crippen molar-refractivity contribution in [2.45, 2.75) is 25.9 Å². The topological polar surface area (TPSA) is 76.7 Å². The van der Waals surface area contributed by atoms with E-state index in [4.69, 9.17) is 14.2 Å². The zero-order valence-corrected chi connectivity index (χ0v) is 14.9. The zero-order valence-electron chi connectivity index (χ0n) is 14.9. The van der Waals surface area contributed by atoms with Gasteiger partial charge in [0.05, 0.1) is 45.2 Å². The number of benzene rings is 1. The van der Waals surface area contributed by atoms with Crippen molar-refractivity contribution in [1.29, 1.82) is 0 Å². The van der Waals surface area contributed by atoms with E-state index < -0.39 is 0 Å². The molecule has 0 saturated carbocycles. The Bertz CT molecular complexity index is 749. The van der Waals surface area contributed by atoms with Crippen LogP contribution in [0, 0.1) is 0 Å². The van der Waals surface area contributed by atoms with Gasteiger partial charge in [0.25, 0.3) is 5.91 Å². The smallest absolute Gasteiger partial charge is 0.272 e. The standard InChI is InChI=1S/C18H23N3O4/c1-11-9-25-10-12(2)21(11)18(22)15-8-14(19-20-15)13-5-6-16(23-3)17(7-13)24-4/h5-8,11-12H,9-10H2,1-4H3,(H,19,20). The van der Waals surface area contributed by atoms with Gasteiger partial charge in [0.15, 0.2) is 11.5 Å². The van der Waals surface area contributed by atoms with Crippen LogP contribution in [0.2, 0.25) is 0 Å². The van der Waals surface area contributed by atoms with E-state index in [0.717, 1.165) is 5.56 Å². The van der Waals surface area contributed by atoms with E-state index in [2.05, 4.69) is 10.2 Å². The van der Waals surface area contributed by atoms with Crippen LogP contribution < -0.4 is 9.47 Å². The molecule has 1 N–H and O–H groups in total. The Morgan fingerprint density at radius 1 is 1.16 bits per heavy atom. The molecule has 1 amide bonds. The number of rotatable bonds is 4. The predicted molar refractivity (Wildman–Crippen MR) is 93.0 cm³/mol. The van der Waals surface area contributed by atoms with Crippen molar-refractivity contribution in [3.05, 3.63) is 30.0 Å². The van der Waals surface area contributed by atoms with Crippen LogP contribution in [0.1, 0.15) is 24.3 Å². The summed E-state index contributed by atoms with van der Waals surface area (Å²) in [6.45, 7) is 5.07. The van der Waals surface area contributed by atoms with Crippen LogP contribution in [-0.4, -0.2) is 60.5 Å². The number of carbonyl (C=O) groups excluding carboxylic acids is 1. The van der Waals surface area contributed by atoms with Gasteiger partial charge in [-0.3, -0.25) is 9.89 Å². The Kier molecular flexibility index (Phi) is 4.94. The minimum atomic E-state index is -0.0671. The fourth-order valence-electron chi connectivity index (χ4n) is 3.12. The monoisotopic (exact) mass is 345 g/mol. The van der Waals surface area contributed by atoms with E-state index >= 15 is 0 Å². The lowest BCUT2D eigenvalue weighted by molar-refractivity contribution is -0.0252. The van der Waals surface area contributed by atoms with Gasteiger partial charge in [-0.2, -0.15) is 5.10 Å². The first-order valence-electron chi connectivity index (χ1n) is 8.23. The van der Waals surface area contributed by atoms with Gasteiger partial charge in [0, 0.05) is 5.56 Å². The molecule has 1 aromatic carbocycles. The first kappa shape index (κ1) is 17.3. The fourth-order valence-corrected chi connectivity index (χ4v) is 3.12. The largest absolute Gasteiger partial charge is 0.493 e. The molecule has 134 valence electrons. The molecule has 2 aromatic rings. The summed E-state index contributed by atoms with van der Waals surface area (Å²) in [5, 5.41) is 7.14. The van der Waals surface area contributed by atoms with Gasteiger partial charge in [-0.05, 0) is 38.1 Å². The maximum absolute atomic E-state index is 12.8. The number of methoxy groups -OCH3 is 2. The predicted octanol–water partition coefficient (Wildman–Crippen LogP) is 2.34. The number of hydrogen-bond donors (Lipinski definition) is 1. The van der Waals surface area contributed by atoms with E-state index in [9.17, 15) is 4.79 Å².